The monoisotopic (exact) mass is 353 g/mol. The molecule has 0 fully saturated rings. The van der Waals surface area contributed by atoms with E-state index >= 15 is 0 Å². The van der Waals surface area contributed by atoms with E-state index in [1.807, 2.05) is 17.5 Å². The number of nitrogens with zero attached hydrogens (tertiary/aromatic N) is 4. The Morgan fingerprint density at radius 1 is 1.24 bits per heavy atom. The van der Waals surface area contributed by atoms with Gasteiger partial charge in [-0.1, -0.05) is 11.6 Å². The number of aromatic nitrogens is 4. The van der Waals surface area contributed by atoms with E-state index in [0.717, 1.165) is 11.1 Å². The van der Waals surface area contributed by atoms with Crippen molar-refractivity contribution >= 4 is 45.8 Å². The Hall–Kier alpha value is -3.19. The van der Waals surface area contributed by atoms with E-state index in [1.54, 1.807) is 30.5 Å². The van der Waals surface area contributed by atoms with E-state index in [9.17, 15) is 9.90 Å². The van der Waals surface area contributed by atoms with Gasteiger partial charge in [0.25, 0.3) is 0 Å². The highest BCUT2D eigenvalue weighted by Gasteiger charge is 2.13. The third kappa shape index (κ3) is 2.74. The molecule has 0 amide bonds. The average molecular weight is 354 g/mol. The number of carboxylic acid groups (broad SMARTS) is 1. The van der Waals surface area contributed by atoms with Crippen molar-refractivity contribution in [2.24, 2.45) is 0 Å². The van der Waals surface area contributed by atoms with Crippen LogP contribution in [0, 0.1) is 6.92 Å². The Kier molecular flexibility index (Phi) is 3.51. The van der Waals surface area contributed by atoms with Crippen LogP contribution in [0.15, 0.2) is 42.7 Å². The summed E-state index contributed by atoms with van der Waals surface area (Å²) in [6.07, 6.45) is 3.45. The molecule has 2 N–H and O–H groups in total. The van der Waals surface area contributed by atoms with Crippen LogP contribution in [0.5, 0.6) is 0 Å². The van der Waals surface area contributed by atoms with Gasteiger partial charge in [-0.3, -0.25) is 4.40 Å². The van der Waals surface area contributed by atoms with Gasteiger partial charge in [-0.15, -0.1) is 0 Å². The van der Waals surface area contributed by atoms with E-state index in [1.165, 1.54) is 6.07 Å². The van der Waals surface area contributed by atoms with Gasteiger partial charge in [0.1, 0.15) is 10.8 Å². The minimum Gasteiger partial charge on any atom is -0.478 e. The van der Waals surface area contributed by atoms with Gasteiger partial charge in [0.15, 0.2) is 0 Å². The summed E-state index contributed by atoms with van der Waals surface area (Å²) in [5.74, 6) is -0.494. The normalized spacial score (nSPS) is 11.1. The van der Waals surface area contributed by atoms with Crippen molar-refractivity contribution in [1.29, 1.82) is 0 Å². The van der Waals surface area contributed by atoms with E-state index in [-0.39, 0.29) is 5.56 Å². The first-order valence-electron chi connectivity index (χ1n) is 7.42. The van der Waals surface area contributed by atoms with Crippen molar-refractivity contribution < 1.29 is 9.90 Å². The number of fused-ring (bicyclic) bond motifs is 3. The van der Waals surface area contributed by atoms with Crippen LogP contribution in [0.1, 0.15) is 16.1 Å². The van der Waals surface area contributed by atoms with E-state index < -0.39 is 5.97 Å². The summed E-state index contributed by atoms with van der Waals surface area (Å²) >= 11 is 5.93. The third-order valence-electron chi connectivity index (χ3n) is 3.75. The second kappa shape index (κ2) is 5.71. The SMILES string of the molecule is Cc1cn2c(Nc3ccnc(Cl)c3)nc3cc(C(=O)O)ccc3c2n1. The van der Waals surface area contributed by atoms with Gasteiger partial charge in [-0.25, -0.2) is 19.7 Å². The van der Waals surface area contributed by atoms with Crippen LogP contribution in [0.4, 0.5) is 11.6 Å². The number of rotatable bonds is 3. The minimum absolute atomic E-state index is 0.172. The van der Waals surface area contributed by atoms with Crippen molar-refractivity contribution in [1.82, 2.24) is 19.4 Å². The quantitative estimate of drug-likeness (QED) is 0.546. The lowest BCUT2D eigenvalue weighted by Gasteiger charge is -2.10. The summed E-state index contributed by atoms with van der Waals surface area (Å²) in [6.45, 7) is 1.89. The molecule has 0 saturated carbocycles. The highest BCUT2D eigenvalue weighted by atomic mass is 35.5. The average Bonchev–Trinajstić information content (AvgIpc) is 2.96. The minimum atomic E-state index is -1.00. The first-order valence-corrected chi connectivity index (χ1v) is 7.80. The van der Waals surface area contributed by atoms with Crippen LogP contribution in [-0.4, -0.2) is 30.4 Å². The molecule has 3 heterocycles. The molecule has 8 heteroatoms. The molecule has 1 aromatic carbocycles. The number of aryl methyl sites for hydroxylation is 1. The Balaban J connectivity index is 1.95. The van der Waals surface area contributed by atoms with Gasteiger partial charge in [0, 0.05) is 23.5 Å². The van der Waals surface area contributed by atoms with Crippen molar-refractivity contribution in [2.45, 2.75) is 6.92 Å². The van der Waals surface area contributed by atoms with Crippen LogP contribution in [0.2, 0.25) is 5.15 Å². The predicted molar refractivity (Wildman–Crippen MR) is 94.7 cm³/mol. The smallest absolute Gasteiger partial charge is 0.335 e. The number of pyridine rings is 1. The van der Waals surface area contributed by atoms with Gasteiger partial charge in [0.05, 0.1) is 16.8 Å². The summed E-state index contributed by atoms with van der Waals surface area (Å²) in [6, 6.07) is 8.25. The van der Waals surface area contributed by atoms with Gasteiger partial charge in [-0.2, -0.15) is 0 Å². The first kappa shape index (κ1) is 15.3. The molecule has 124 valence electrons. The van der Waals surface area contributed by atoms with Crippen LogP contribution in [-0.2, 0) is 0 Å². The Bertz CT molecular complexity index is 1140. The molecule has 0 radical (unpaired) electrons. The maximum absolute atomic E-state index is 11.2. The number of hydrogen-bond donors (Lipinski definition) is 2. The topological polar surface area (TPSA) is 92.4 Å². The highest BCUT2D eigenvalue weighted by Crippen LogP contribution is 2.25. The number of hydrogen-bond acceptors (Lipinski definition) is 5. The Morgan fingerprint density at radius 2 is 2.08 bits per heavy atom. The molecule has 4 aromatic rings. The zero-order valence-corrected chi connectivity index (χ0v) is 13.8. The van der Waals surface area contributed by atoms with Crippen LogP contribution in [0.3, 0.4) is 0 Å². The van der Waals surface area contributed by atoms with Gasteiger partial charge < -0.3 is 10.4 Å². The van der Waals surface area contributed by atoms with Crippen molar-refractivity contribution in [3.8, 4) is 0 Å². The lowest BCUT2D eigenvalue weighted by atomic mass is 10.1. The molecule has 0 saturated heterocycles. The molecule has 25 heavy (non-hydrogen) atoms. The largest absolute Gasteiger partial charge is 0.478 e. The van der Waals surface area contributed by atoms with E-state index in [4.69, 9.17) is 11.6 Å². The van der Waals surface area contributed by atoms with Gasteiger partial charge in [-0.05, 0) is 37.3 Å². The zero-order valence-electron chi connectivity index (χ0n) is 13.1. The van der Waals surface area contributed by atoms with Crippen LogP contribution < -0.4 is 5.32 Å². The Labute approximate surface area is 146 Å². The summed E-state index contributed by atoms with van der Waals surface area (Å²) in [5.41, 5.74) is 2.95. The molecule has 0 aliphatic heterocycles. The number of carboxylic acids is 1. The lowest BCUT2D eigenvalue weighted by Crippen LogP contribution is -2.03. The Morgan fingerprint density at radius 3 is 2.84 bits per heavy atom. The van der Waals surface area contributed by atoms with Crippen LogP contribution >= 0.6 is 11.6 Å². The molecule has 0 atom stereocenters. The molecule has 0 aliphatic carbocycles. The maximum atomic E-state index is 11.2. The molecular weight excluding hydrogens is 342 g/mol. The van der Waals surface area contributed by atoms with Crippen LogP contribution in [0.25, 0.3) is 16.6 Å². The molecule has 0 spiro atoms. The number of benzene rings is 1. The fraction of sp³-hybridized carbons (Fsp3) is 0.0588. The summed E-state index contributed by atoms with van der Waals surface area (Å²) in [4.78, 5) is 24.3. The third-order valence-corrected chi connectivity index (χ3v) is 3.96. The number of aromatic carboxylic acids is 1. The molecule has 0 bridgehead atoms. The fourth-order valence-corrected chi connectivity index (χ4v) is 2.83. The van der Waals surface area contributed by atoms with Gasteiger partial charge in [0.2, 0.25) is 5.95 Å². The number of anilines is 2. The van der Waals surface area contributed by atoms with Crippen molar-refractivity contribution in [3.63, 3.8) is 0 Å². The van der Waals surface area contributed by atoms with E-state index in [2.05, 4.69) is 20.3 Å². The lowest BCUT2D eigenvalue weighted by molar-refractivity contribution is 0.0697. The van der Waals surface area contributed by atoms with Crippen molar-refractivity contribution in [3.05, 3.63) is 59.1 Å². The van der Waals surface area contributed by atoms with Crippen molar-refractivity contribution in [2.75, 3.05) is 5.32 Å². The second-order valence-corrected chi connectivity index (χ2v) is 5.93. The standard InChI is InChI=1S/C17H12ClN5O2/c1-9-8-23-15(20-9)12-3-2-10(16(24)25)6-13(12)22-17(23)21-11-4-5-19-14(18)7-11/h2-8H,1H3,(H,24,25)(H,19,21,22). The second-order valence-electron chi connectivity index (χ2n) is 5.54. The predicted octanol–water partition coefficient (Wildman–Crippen LogP) is 3.68. The number of nitrogens with one attached hydrogen (secondary N) is 1. The molecule has 7 nitrogen and oxygen atoms in total. The summed E-state index contributed by atoms with van der Waals surface area (Å²) in [7, 11) is 0. The number of halogens is 1. The van der Waals surface area contributed by atoms with Gasteiger partial charge >= 0.3 is 5.97 Å². The maximum Gasteiger partial charge on any atom is 0.335 e. The first-order chi connectivity index (χ1) is 12.0. The number of imidazole rings is 1. The fourth-order valence-electron chi connectivity index (χ4n) is 2.66. The summed E-state index contributed by atoms with van der Waals surface area (Å²) in [5, 5.41) is 13.5. The molecule has 0 unspecified atom stereocenters. The molecule has 4 rings (SSSR count). The summed E-state index contributed by atoms with van der Waals surface area (Å²) < 4.78 is 1.83. The molecule has 0 aliphatic rings. The molecule has 3 aromatic heterocycles. The van der Waals surface area contributed by atoms with E-state index in [0.29, 0.717) is 28.0 Å². The zero-order chi connectivity index (χ0) is 17.6. The highest BCUT2D eigenvalue weighted by molar-refractivity contribution is 6.29. The number of carbonyl (C=O) groups is 1. The molecular formula is C17H12ClN5O2.